The molecular weight excluding hydrogens is 328 g/mol. The Morgan fingerprint density at radius 1 is 1.10 bits per heavy atom. The third kappa shape index (κ3) is 4.90. The van der Waals surface area contributed by atoms with E-state index in [1.54, 1.807) is 0 Å². The van der Waals surface area contributed by atoms with Crippen LogP contribution in [0.5, 0.6) is 0 Å². The van der Waals surface area contributed by atoms with Gasteiger partial charge in [-0.1, -0.05) is 42.5 Å². The van der Waals surface area contributed by atoms with Gasteiger partial charge in [0.05, 0.1) is 6.04 Å². The van der Waals surface area contributed by atoms with Crippen molar-refractivity contribution in [3.63, 3.8) is 0 Å². The number of carbonyl (C=O) groups is 1. The van der Waals surface area contributed by atoms with Gasteiger partial charge in [0.15, 0.2) is 0 Å². The van der Waals surface area contributed by atoms with Crippen molar-refractivity contribution < 1.29 is 4.79 Å². The van der Waals surface area contributed by atoms with E-state index >= 15 is 0 Å². The summed E-state index contributed by atoms with van der Waals surface area (Å²) in [4.78, 5) is 11.9. The van der Waals surface area contributed by atoms with Gasteiger partial charge < -0.3 is 10.6 Å². The van der Waals surface area contributed by atoms with Gasteiger partial charge in [0.1, 0.15) is 0 Å². The second kappa shape index (κ2) is 7.84. The summed E-state index contributed by atoms with van der Waals surface area (Å²) in [6, 6.07) is 17.9. The Morgan fingerprint density at radius 2 is 1.76 bits per heavy atom. The number of anilines is 1. The van der Waals surface area contributed by atoms with E-state index in [1.807, 2.05) is 61.5 Å². The Bertz CT molecular complexity index is 586. The third-order valence-electron chi connectivity index (χ3n) is 3.22. The Hall–Kier alpha value is -1.81. The van der Waals surface area contributed by atoms with Crippen LogP contribution in [0.1, 0.15) is 24.9 Å². The van der Waals surface area contributed by atoms with Gasteiger partial charge in [-0.25, -0.2) is 0 Å². The predicted molar refractivity (Wildman–Crippen MR) is 90.2 cm³/mol. The molecule has 0 aliphatic carbocycles. The normalized spacial score (nSPS) is 11.7. The summed E-state index contributed by atoms with van der Waals surface area (Å²) in [5.74, 6) is 0.0471. The minimum Gasteiger partial charge on any atom is -0.384 e. The van der Waals surface area contributed by atoms with Crippen LogP contribution in [0.3, 0.4) is 0 Å². The van der Waals surface area contributed by atoms with Crippen LogP contribution in [-0.2, 0) is 4.79 Å². The Kier molecular flexibility index (Phi) is 5.81. The zero-order valence-electron chi connectivity index (χ0n) is 12.0. The van der Waals surface area contributed by atoms with Crippen molar-refractivity contribution in [2.75, 3.05) is 11.9 Å². The van der Waals surface area contributed by atoms with Crippen molar-refractivity contribution in [3.05, 3.63) is 64.6 Å². The van der Waals surface area contributed by atoms with Gasteiger partial charge in [-0.05, 0) is 40.5 Å². The van der Waals surface area contributed by atoms with Crippen molar-refractivity contribution in [1.82, 2.24) is 5.32 Å². The van der Waals surface area contributed by atoms with Gasteiger partial charge in [0, 0.05) is 23.1 Å². The standard InChI is InChI=1S/C17H19BrN2O/c1-13(14-7-3-2-4-8-14)20-17(21)11-12-19-16-10-6-5-9-15(16)18/h2-10,13,19H,11-12H2,1H3,(H,20,21). The minimum atomic E-state index is 0.0298. The van der Waals surface area contributed by atoms with E-state index in [1.165, 1.54) is 0 Å². The van der Waals surface area contributed by atoms with Crippen molar-refractivity contribution in [2.24, 2.45) is 0 Å². The highest BCUT2D eigenvalue weighted by atomic mass is 79.9. The van der Waals surface area contributed by atoms with Gasteiger partial charge in [-0.2, -0.15) is 0 Å². The summed E-state index contributed by atoms with van der Waals surface area (Å²) in [6.45, 7) is 2.60. The van der Waals surface area contributed by atoms with Gasteiger partial charge in [0.25, 0.3) is 0 Å². The molecule has 0 saturated heterocycles. The number of carbonyl (C=O) groups excluding carboxylic acids is 1. The van der Waals surface area contributed by atoms with Crippen molar-refractivity contribution in [1.29, 1.82) is 0 Å². The van der Waals surface area contributed by atoms with Crippen LogP contribution >= 0.6 is 15.9 Å². The number of amides is 1. The SMILES string of the molecule is CC(NC(=O)CCNc1ccccc1Br)c1ccccc1. The molecule has 3 nitrogen and oxygen atoms in total. The predicted octanol–water partition coefficient (Wildman–Crippen LogP) is 4.13. The molecule has 0 aliphatic rings. The molecule has 21 heavy (non-hydrogen) atoms. The van der Waals surface area contributed by atoms with Gasteiger partial charge in [-0.3, -0.25) is 4.79 Å². The van der Waals surface area contributed by atoms with Gasteiger partial charge in [-0.15, -0.1) is 0 Å². The second-order valence-corrected chi connectivity index (χ2v) is 5.71. The molecule has 0 aliphatic heterocycles. The molecule has 0 spiro atoms. The number of benzene rings is 2. The summed E-state index contributed by atoms with van der Waals surface area (Å²) in [5, 5.41) is 6.26. The fourth-order valence-corrected chi connectivity index (χ4v) is 2.48. The number of halogens is 1. The van der Waals surface area contributed by atoms with Crippen LogP contribution in [0.2, 0.25) is 0 Å². The zero-order chi connectivity index (χ0) is 15.1. The van der Waals surface area contributed by atoms with Crippen LogP contribution in [0.4, 0.5) is 5.69 Å². The summed E-state index contributed by atoms with van der Waals surface area (Å²) in [5.41, 5.74) is 2.12. The molecule has 2 rings (SSSR count). The van der Waals surface area contributed by atoms with Crippen LogP contribution in [0.15, 0.2) is 59.1 Å². The van der Waals surface area contributed by atoms with E-state index in [-0.39, 0.29) is 11.9 Å². The van der Waals surface area contributed by atoms with Gasteiger partial charge in [0.2, 0.25) is 5.91 Å². The molecule has 0 fully saturated rings. The topological polar surface area (TPSA) is 41.1 Å². The highest BCUT2D eigenvalue weighted by molar-refractivity contribution is 9.10. The number of para-hydroxylation sites is 1. The van der Waals surface area contributed by atoms with Crippen molar-refractivity contribution >= 4 is 27.5 Å². The highest BCUT2D eigenvalue weighted by Crippen LogP contribution is 2.20. The Labute approximate surface area is 133 Å². The number of hydrogen-bond acceptors (Lipinski definition) is 2. The van der Waals surface area contributed by atoms with Crippen LogP contribution in [0.25, 0.3) is 0 Å². The molecule has 4 heteroatoms. The lowest BCUT2D eigenvalue weighted by Crippen LogP contribution is -2.28. The molecule has 2 N–H and O–H groups in total. The van der Waals surface area contributed by atoms with E-state index in [0.29, 0.717) is 13.0 Å². The average molecular weight is 347 g/mol. The molecule has 0 aromatic heterocycles. The summed E-state index contributed by atoms with van der Waals surface area (Å²) < 4.78 is 1.00. The molecule has 2 aromatic carbocycles. The van der Waals surface area contributed by atoms with E-state index in [2.05, 4.69) is 26.6 Å². The molecule has 0 radical (unpaired) electrons. The second-order valence-electron chi connectivity index (χ2n) is 4.86. The number of nitrogens with one attached hydrogen (secondary N) is 2. The molecule has 1 atom stereocenters. The first-order valence-corrected chi connectivity index (χ1v) is 7.79. The third-order valence-corrected chi connectivity index (χ3v) is 3.91. The molecule has 110 valence electrons. The average Bonchev–Trinajstić information content (AvgIpc) is 2.50. The highest BCUT2D eigenvalue weighted by Gasteiger charge is 2.08. The van der Waals surface area contributed by atoms with E-state index in [9.17, 15) is 4.79 Å². The molecule has 0 saturated carbocycles. The maximum Gasteiger partial charge on any atom is 0.222 e. The first-order chi connectivity index (χ1) is 10.2. The molecule has 1 amide bonds. The largest absolute Gasteiger partial charge is 0.384 e. The molecule has 2 aromatic rings. The van der Waals surface area contributed by atoms with Crippen molar-refractivity contribution in [2.45, 2.75) is 19.4 Å². The zero-order valence-corrected chi connectivity index (χ0v) is 13.6. The minimum absolute atomic E-state index is 0.0298. The first-order valence-electron chi connectivity index (χ1n) is 6.99. The fraction of sp³-hybridized carbons (Fsp3) is 0.235. The molecular formula is C17H19BrN2O. The smallest absolute Gasteiger partial charge is 0.222 e. The summed E-state index contributed by atoms with van der Waals surface area (Å²) >= 11 is 3.47. The number of rotatable bonds is 6. The van der Waals surface area contributed by atoms with E-state index in [4.69, 9.17) is 0 Å². The lowest BCUT2D eigenvalue weighted by molar-refractivity contribution is -0.121. The maximum absolute atomic E-state index is 11.9. The van der Waals surface area contributed by atoms with Gasteiger partial charge >= 0.3 is 0 Å². The molecule has 1 unspecified atom stereocenters. The molecule has 0 heterocycles. The van der Waals surface area contributed by atoms with Crippen LogP contribution in [0, 0.1) is 0 Å². The van der Waals surface area contributed by atoms with E-state index < -0.39 is 0 Å². The first kappa shape index (κ1) is 15.6. The quantitative estimate of drug-likeness (QED) is 0.825. The Morgan fingerprint density at radius 3 is 2.48 bits per heavy atom. The number of hydrogen-bond donors (Lipinski definition) is 2. The molecule has 0 bridgehead atoms. The lowest BCUT2D eigenvalue weighted by Gasteiger charge is -2.14. The van der Waals surface area contributed by atoms with Crippen LogP contribution in [-0.4, -0.2) is 12.5 Å². The summed E-state index contributed by atoms with van der Waals surface area (Å²) in [6.07, 6.45) is 0.443. The van der Waals surface area contributed by atoms with E-state index in [0.717, 1.165) is 15.7 Å². The Balaban J connectivity index is 1.76. The monoisotopic (exact) mass is 346 g/mol. The fourth-order valence-electron chi connectivity index (χ4n) is 2.05. The summed E-state index contributed by atoms with van der Waals surface area (Å²) in [7, 11) is 0. The maximum atomic E-state index is 11.9. The lowest BCUT2D eigenvalue weighted by atomic mass is 10.1. The van der Waals surface area contributed by atoms with Crippen LogP contribution < -0.4 is 10.6 Å². The van der Waals surface area contributed by atoms with Crippen molar-refractivity contribution in [3.8, 4) is 0 Å².